The molecule has 0 spiro atoms. The van der Waals surface area contributed by atoms with Gasteiger partial charge >= 0.3 is 0 Å². The third-order valence-electron chi connectivity index (χ3n) is 1.88. The maximum atomic E-state index is 11.2. The molecule has 1 amide bonds. The highest BCUT2D eigenvalue weighted by Crippen LogP contribution is 1.85. The van der Waals surface area contributed by atoms with Gasteiger partial charge in [-0.3, -0.25) is 9.47 Å². The monoisotopic (exact) mass is 195 g/mol. The van der Waals surface area contributed by atoms with E-state index in [0.717, 1.165) is 19.4 Å². The molecule has 0 unspecified atom stereocenters. The van der Waals surface area contributed by atoms with Crippen LogP contribution >= 0.6 is 0 Å². The Kier molecular flexibility index (Phi) is 4.61. The second kappa shape index (κ2) is 6.07. The van der Waals surface area contributed by atoms with Crippen molar-refractivity contribution in [2.75, 3.05) is 18.5 Å². The van der Waals surface area contributed by atoms with Crippen molar-refractivity contribution in [1.29, 1.82) is 0 Å². The molecule has 0 atom stereocenters. The molecule has 0 aliphatic rings. The predicted octanol–water partition coefficient (Wildman–Crippen LogP) is 0.948. The number of amides is 1. The Hall–Kier alpha value is -1.45. The van der Waals surface area contributed by atoms with Crippen LogP contribution in [0.3, 0.4) is 0 Å². The Morgan fingerprint density at radius 3 is 2.71 bits per heavy atom. The first kappa shape index (κ1) is 10.6. The van der Waals surface area contributed by atoms with Gasteiger partial charge in [0.15, 0.2) is 0 Å². The summed E-state index contributed by atoms with van der Waals surface area (Å²) in [4.78, 5) is 11.2. The van der Waals surface area contributed by atoms with Gasteiger partial charge in [-0.1, -0.05) is 13.3 Å². The van der Waals surface area contributed by atoms with Gasteiger partial charge in [0.1, 0.15) is 6.54 Å². The lowest BCUT2D eigenvalue weighted by atomic mass is 10.3. The fraction of sp³-hybridized carbons (Fsp3) is 0.500. The molecule has 0 radical (unpaired) electrons. The number of aromatic nitrogens is 1. The molecular weight excluding hydrogens is 178 g/mol. The zero-order chi connectivity index (χ0) is 10.2. The van der Waals surface area contributed by atoms with E-state index in [1.807, 2.05) is 24.5 Å². The second-order valence-corrected chi connectivity index (χ2v) is 3.13. The summed E-state index contributed by atoms with van der Waals surface area (Å²) < 4.78 is 1.76. The second-order valence-electron chi connectivity index (χ2n) is 3.13. The van der Waals surface area contributed by atoms with Gasteiger partial charge in [-0.15, -0.1) is 0 Å². The minimum absolute atomic E-state index is 0.0344. The third kappa shape index (κ3) is 3.98. The van der Waals surface area contributed by atoms with Crippen molar-refractivity contribution in [2.24, 2.45) is 0 Å². The van der Waals surface area contributed by atoms with Gasteiger partial charge in [-0.2, -0.15) is 0 Å². The standard InChI is InChI=1S/C10H17N3O/c1-2-3-6-11-10(14)9-12-13-7-4-5-8-13/h4-5,7-8,12H,2-3,6,9H2,1H3,(H,11,14). The van der Waals surface area contributed by atoms with Crippen molar-refractivity contribution in [3.05, 3.63) is 24.5 Å². The topological polar surface area (TPSA) is 46.1 Å². The normalized spacial score (nSPS) is 9.79. The van der Waals surface area contributed by atoms with Gasteiger partial charge in [0.25, 0.3) is 0 Å². The van der Waals surface area contributed by atoms with Crippen LogP contribution in [0.15, 0.2) is 24.5 Å². The largest absolute Gasteiger partial charge is 0.355 e. The van der Waals surface area contributed by atoms with E-state index in [4.69, 9.17) is 0 Å². The quantitative estimate of drug-likeness (QED) is 0.664. The maximum Gasteiger partial charge on any atom is 0.240 e. The number of hydrogen-bond donors (Lipinski definition) is 2. The van der Waals surface area contributed by atoms with Gasteiger partial charge in [0.2, 0.25) is 5.91 Å². The smallest absolute Gasteiger partial charge is 0.240 e. The summed E-state index contributed by atoms with van der Waals surface area (Å²) in [7, 11) is 0. The molecule has 0 aliphatic carbocycles. The molecule has 0 saturated heterocycles. The molecule has 1 aromatic rings. The molecule has 1 aromatic heterocycles. The molecule has 1 heterocycles. The summed E-state index contributed by atoms with van der Waals surface area (Å²) in [5.74, 6) is 0.0344. The maximum absolute atomic E-state index is 11.2. The highest BCUT2D eigenvalue weighted by atomic mass is 16.2. The highest BCUT2D eigenvalue weighted by Gasteiger charge is 1.98. The molecule has 0 aliphatic heterocycles. The molecule has 78 valence electrons. The average Bonchev–Trinajstić information content (AvgIpc) is 2.68. The van der Waals surface area contributed by atoms with E-state index in [-0.39, 0.29) is 5.91 Å². The van der Waals surface area contributed by atoms with E-state index in [1.165, 1.54) is 0 Å². The molecule has 0 saturated carbocycles. The fourth-order valence-corrected chi connectivity index (χ4v) is 1.07. The summed E-state index contributed by atoms with van der Waals surface area (Å²) >= 11 is 0. The first-order chi connectivity index (χ1) is 6.83. The first-order valence-corrected chi connectivity index (χ1v) is 4.96. The van der Waals surface area contributed by atoms with Crippen LogP contribution in [0.25, 0.3) is 0 Å². The van der Waals surface area contributed by atoms with Gasteiger partial charge < -0.3 is 10.7 Å². The van der Waals surface area contributed by atoms with Crippen LogP contribution < -0.4 is 10.7 Å². The van der Waals surface area contributed by atoms with E-state index in [2.05, 4.69) is 17.7 Å². The summed E-state index contributed by atoms with van der Waals surface area (Å²) in [5, 5.41) is 2.83. The van der Waals surface area contributed by atoms with Gasteiger partial charge in [0, 0.05) is 18.9 Å². The highest BCUT2D eigenvalue weighted by molar-refractivity contribution is 5.79. The van der Waals surface area contributed by atoms with Crippen molar-refractivity contribution in [3.63, 3.8) is 0 Å². The Morgan fingerprint density at radius 1 is 1.36 bits per heavy atom. The SMILES string of the molecule is CCCCNC(=O)CNn1cccc1. The van der Waals surface area contributed by atoms with Crippen LogP contribution in [0.4, 0.5) is 0 Å². The van der Waals surface area contributed by atoms with Crippen molar-refractivity contribution >= 4 is 5.91 Å². The number of rotatable bonds is 6. The van der Waals surface area contributed by atoms with Crippen molar-refractivity contribution in [2.45, 2.75) is 19.8 Å². The molecular formula is C10H17N3O. The average molecular weight is 195 g/mol. The van der Waals surface area contributed by atoms with Crippen LogP contribution in [0.1, 0.15) is 19.8 Å². The van der Waals surface area contributed by atoms with E-state index in [0.29, 0.717) is 6.54 Å². The molecule has 2 N–H and O–H groups in total. The Morgan fingerprint density at radius 2 is 2.07 bits per heavy atom. The summed E-state index contributed by atoms with van der Waals surface area (Å²) in [6.45, 7) is 3.19. The molecule has 0 bridgehead atoms. The zero-order valence-electron chi connectivity index (χ0n) is 8.49. The fourth-order valence-electron chi connectivity index (χ4n) is 1.07. The number of nitrogens with zero attached hydrogens (tertiary/aromatic N) is 1. The number of hydrogen-bond acceptors (Lipinski definition) is 2. The third-order valence-corrected chi connectivity index (χ3v) is 1.88. The van der Waals surface area contributed by atoms with Gasteiger partial charge in [-0.25, -0.2) is 0 Å². The number of carbonyl (C=O) groups is 1. The van der Waals surface area contributed by atoms with Crippen molar-refractivity contribution < 1.29 is 4.79 Å². The van der Waals surface area contributed by atoms with Crippen LogP contribution in [-0.2, 0) is 4.79 Å². The lowest BCUT2D eigenvalue weighted by Gasteiger charge is -2.07. The van der Waals surface area contributed by atoms with Crippen LogP contribution in [0, 0.1) is 0 Å². The summed E-state index contributed by atoms with van der Waals surface area (Å²) in [6.07, 6.45) is 5.86. The lowest BCUT2D eigenvalue weighted by molar-refractivity contribution is -0.119. The molecule has 4 nitrogen and oxygen atoms in total. The Labute approximate surface area is 84.3 Å². The van der Waals surface area contributed by atoms with E-state index < -0.39 is 0 Å². The Bertz CT molecular complexity index is 256. The molecule has 14 heavy (non-hydrogen) atoms. The predicted molar refractivity (Wildman–Crippen MR) is 56.6 cm³/mol. The number of unbranched alkanes of at least 4 members (excludes halogenated alkanes) is 1. The number of carbonyl (C=O) groups excluding carboxylic acids is 1. The minimum atomic E-state index is 0.0344. The molecule has 0 fully saturated rings. The number of nitrogens with one attached hydrogen (secondary N) is 2. The summed E-state index contributed by atoms with van der Waals surface area (Å²) in [5.41, 5.74) is 2.96. The van der Waals surface area contributed by atoms with Crippen LogP contribution in [0.5, 0.6) is 0 Å². The minimum Gasteiger partial charge on any atom is -0.355 e. The molecule has 1 rings (SSSR count). The van der Waals surface area contributed by atoms with E-state index >= 15 is 0 Å². The van der Waals surface area contributed by atoms with Gasteiger partial charge in [-0.05, 0) is 18.6 Å². The van der Waals surface area contributed by atoms with Crippen LogP contribution in [0.2, 0.25) is 0 Å². The Balaban J connectivity index is 2.09. The molecule has 0 aromatic carbocycles. The zero-order valence-corrected chi connectivity index (χ0v) is 8.49. The molecule has 4 heteroatoms. The summed E-state index contributed by atoms with van der Waals surface area (Å²) in [6, 6.07) is 3.81. The van der Waals surface area contributed by atoms with Gasteiger partial charge in [0.05, 0.1) is 0 Å². The first-order valence-electron chi connectivity index (χ1n) is 4.96. The van der Waals surface area contributed by atoms with Crippen molar-refractivity contribution in [3.8, 4) is 0 Å². The lowest BCUT2D eigenvalue weighted by Crippen LogP contribution is -2.33. The van der Waals surface area contributed by atoms with E-state index in [9.17, 15) is 4.79 Å². The van der Waals surface area contributed by atoms with Crippen LogP contribution in [-0.4, -0.2) is 23.7 Å². The van der Waals surface area contributed by atoms with Crippen molar-refractivity contribution in [1.82, 2.24) is 9.99 Å². The van der Waals surface area contributed by atoms with E-state index in [1.54, 1.807) is 4.68 Å².